The summed E-state index contributed by atoms with van der Waals surface area (Å²) in [7, 11) is 0. The fourth-order valence-electron chi connectivity index (χ4n) is 4.53. The van der Waals surface area contributed by atoms with Gasteiger partial charge in [-0.25, -0.2) is 8.78 Å². The van der Waals surface area contributed by atoms with E-state index in [-0.39, 0.29) is 29.1 Å². The minimum Gasteiger partial charge on any atom is -0.459 e. The highest BCUT2D eigenvalue weighted by Gasteiger charge is 2.34. The lowest BCUT2D eigenvalue weighted by Crippen LogP contribution is -2.45. The Morgan fingerprint density at radius 1 is 1.22 bits per heavy atom. The van der Waals surface area contributed by atoms with Crippen LogP contribution in [0.25, 0.3) is 11.7 Å². The maximum atomic E-state index is 14.5. The zero-order valence-electron chi connectivity index (χ0n) is 17.2. The van der Waals surface area contributed by atoms with Gasteiger partial charge in [-0.3, -0.25) is 4.79 Å². The number of amides is 1. The van der Waals surface area contributed by atoms with Crippen LogP contribution in [0.5, 0.6) is 0 Å². The van der Waals surface area contributed by atoms with Gasteiger partial charge in [-0.2, -0.15) is 10.2 Å². The van der Waals surface area contributed by atoms with Crippen molar-refractivity contribution in [3.05, 3.63) is 53.4 Å². The summed E-state index contributed by atoms with van der Waals surface area (Å²) in [6, 6.07) is 7.59. The predicted molar refractivity (Wildman–Crippen MR) is 111 cm³/mol. The van der Waals surface area contributed by atoms with Gasteiger partial charge in [0.25, 0.3) is 5.89 Å². The normalized spacial score (nSPS) is 16.7. The molecule has 1 saturated heterocycles. The first-order valence-electron chi connectivity index (χ1n) is 10.5. The summed E-state index contributed by atoms with van der Waals surface area (Å²) in [5.74, 6) is -0.749. The first kappa shape index (κ1) is 20.2. The van der Waals surface area contributed by atoms with Gasteiger partial charge < -0.3 is 18.6 Å². The van der Waals surface area contributed by atoms with Crippen molar-refractivity contribution in [2.75, 3.05) is 29.4 Å². The van der Waals surface area contributed by atoms with Crippen molar-refractivity contribution in [2.45, 2.75) is 25.7 Å². The molecule has 9 heteroatoms. The average molecular weight is 438 g/mol. The van der Waals surface area contributed by atoms with Crippen molar-refractivity contribution in [3.8, 4) is 17.7 Å². The van der Waals surface area contributed by atoms with Crippen LogP contribution in [-0.4, -0.2) is 30.5 Å². The number of aromatic nitrogens is 1. The summed E-state index contributed by atoms with van der Waals surface area (Å²) in [6.45, 7) is 1.40. The van der Waals surface area contributed by atoms with Crippen molar-refractivity contribution in [1.82, 2.24) is 4.98 Å². The van der Waals surface area contributed by atoms with Crippen LogP contribution in [0.4, 0.5) is 20.4 Å². The van der Waals surface area contributed by atoms with Crippen molar-refractivity contribution in [3.63, 3.8) is 0 Å². The molecule has 0 bridgehead atoms. The molecule has 0 N–H and O–H groups in total. The lowest BCUT2D eigenvalue weighted by Gasteiger charge is -2.36. The molecule has 1 aromatic carbocycles. The third-order valence-electron chi connectivity index (χ3n) is 6.05. The highest BCUT2D eigenvalue weighted by atomic mass is 19.1. The highest BCUT2D eigenvalue weighted by Crippen LogP contribution is 2.35. The van der Waals surface area contributed by atoms with Gasteiger partial charge in [0, 0.05) is 31.6 Å². The Morgan fingerprint density at radius 3 is 2.75 bits per heavy atom. The molecular weight excluding hydrogens is 418 g/mol. The van der Waals surface area contributed by atoms with Gasteiger partial charge in [0.1, 0.15) is 17.7 Å². The fourth-order valence-corrected chi connectivity index (χ4v) is 4.53. The summed E-state index contributed by atoms with van der Waals surface area (Å²) >= 11 is 0. The lowest BCUT2D eigenvalue weighted by molar-refractivity contribution is -0.123. The van der Waals surface area contributed by atoms with Crippen LogP contribution < -0.4 is 9.80 Å². The van der Waals surface area contributed by atoms with E-state index in [1.807, 2.05) is 11.0 Å². The monoisotopic (exact) mass is 438 g/mol. The van der Waals surface area contributed by atoms with E-state index in [4.69, 9.17) is 8.83 Å². The second-order valence-electron chi connectivity index (χ2n) is 8.01. The number of hydrogen-bond acceptors (Lipinski definition) is 6. The predicted octanol–water partition coefficient (Wildman–Crippen LogP) is 4.28. The Balaban J connectivity index is 1.31. The van der Waals surface area contributed by atoms with Gasteiger partial charge in [-0.05, 0) is 49.4 Å². The number of rotatable bonds is 3. The van der Waals surface area contributed by atoms with Crippen LogP contribution in [0.3, 0.4) is 0 Å². The molecule has 32 heavy (non-hydrogen) atoms. The quantitative estimate of drug-likeness (QED) is 0.607. The Hall–Kier alpha value is -3.67. The van der Waals surface area contributed by atoms with Gasteiger partial charge in [-0.1, -0.05) is 0 Å². The zero-order chi connectivity index (χ0) is 22.2. The summed E-state index contributed by atoms with van der Waals surface area (Å²) in [4.78, 5) is 20.8. The van der Waals surface area contributed by atoms with E-state index in [0.717, 1.165) is 6.07 Å². The number of benzene rings is 1. The third kappa shape index (κ3) is 3.51. The van der Waals surface area contributed by atoms with E-state index in [0.29, 0.717) is 62.5 Å². The van der Waals surface area contributed by atoms with E-state index >= 15 is 0 Å². The largest absolute Gasteiger partial charge is 0.459 e. The van der Waals surface area contributed by atoms with Crippen LogP contribution in [0.2, 0.25) is 0 Å². The maximum Gasteiger partial charge on any atom is 0.266 e. The van der Waals surface area contributed by atoms with Crippen molar-refractivity contribution in [1.29, 1.82) is 5.26 Å². The average Bonchev–Trinajstić information content (AvgIpc) is 3.48. The van der Waals surface area contributed by atoms with Gasteiger partial charge in [-0.15, -0.1) is 0 Å². The number of furan rings is 1. The molecule has 4 heterocycles. The van der Waals surface area contributed by atoms with E-state index in [1.54, 1.807) is 12.1 Å². The van der Waals surface area contributed by atoms with Crippen LogP contribution >= 0.6 is 0 Å². The summed E-state index contributed by atoms with van der Waals surface area (Å²) in [5, 5.41) is 9.46. The first-order chi connectivity index (χ1) is 15.5. The number of aryl methyl sites for hydroxylation is 1. The second kappa shape index (κ2) is 8.11. The number of fused-ring (bicyclic) bond motifs is 1. The number of piperidine rings is 1. The Morgan fingerprint density at radius 2 is 2.03 bits per heavy atom. The second-order valence-corrected chi connectivity index (χ2v) is 8.01. The number of oxazole rings is 1. The van der Waals surface area contributed by atoms with Crippen LogP contribution in [0.1, 0.15) is 30.5 Å². The summed E-state index contributed by atoms with van der Waals surface area (Å²) < 4.78 is 39.2. The van der Waals surface area contributed by atoms with E-state index < -0.39 is 11.6 Å². The topological polar surface area (TPSA) is 86.5 Å². The molecule has 0 unspecified atom stereocenters. The number of hydrogen-bond donors (Lipinski definition) is 0. The molecule has 3 aromatic rings. The molecule has 0 radical (unpaired) electrons. The smallest absolute Gasteiger partial charge is 0.266 e. The molecule has 2 aliphatic heterocycles. The minimum absolute atomic E-state index is 0.148. The van der Waals surface area contributed by atoms with E-state index in [9.17, 15) is 18.8 Å². The molecule has 7 nitrogen and oxygen atoms in total. The Bertz CT molecular complexity index is 1190. The fraction of sp³-hybridized carbons (Fsp3) is 0.348. The Kier molecular flexibility index (Phi) is 5.13. The third-order valence-corrected chi connectivity index (χ3v) is 6.05. The number of nitriles is 1. The molecule has 1 fully saturated rings. The van der Waals surface area contributed by atoms with Gasteiger partial charge in [0.05, 0.1) is 12.0 Å². The van der Waals surface area contributed by atoms with E-state index in [2.05, 4.69) is 4.98 Å². The summed E-state index contributed by atoms with van der Waals surface area (Å²) in [6.07, 6.45) is 3.76. The van der Waals surface area contributed by atoms with Crippen LogP contribution in [-0.2, 0) is 11.2 Å². The molecule has 2 aromatic heterocycles. The van der Waals surface area contributed by atoms with Crippen molar-refractivity contribution < 1.29 is 22.4 Å². The number of anilines is 2. The van der Waals surface area contributed by atoms with Crippen LogP contribution in [0, 0.1) is 28.9 Å². The Labute approximate surface area is 182 Å². The molecule has 0 aliphatic carbocycles. The molecule has 164 valence electrons. The number of halogens is 2. The van der Waals surface area contributed by atoms with Gasteiger partial charge in [0.2, 0.25) is 17.5 Å². The number of carbonyl (C=O) groups excluding carboxylic acids is 1. The van der Waals surface area contributed by atoms with Gasteiger partial charge in [0.15, 0.2) is 5.76 Å². The standard InChI is InChI=1S/C23H20F2N4O3/c24-16-11-15-3-1-7-29(20(15)17(25)12-16)22(30)14-5-8-28(9-6-14)23-18(13-26)27-21(32-23)19-4-2-10-31-19/h2,4,10-12,14H,1,3,5-9H2. The number of nitrogens with zero attached hydrogens (tertiary/aromatic N) is 4. The maximum absolute atomic E-state index is 14.5. The van der Waals surface area contributed by atoms with Crippen LogP contribution in [0.15, 0.2) is 39.4 Å². The molecule has 1 amide bonds. The molecule has 5 rings (SSSR count). The molecule has 0 saturated carbocycles. The van der Waals surface area contributed by atoms with E-state index in [1.165, 1.54) is 17.2 Å². The molecule has 2 aliphatic rings. The molecule has 0 spiro atoms. The minimum atomic E-state index is -0.698. The highest BCUT2D eigenvalue weighted by molar-refractivity contribution is 5.96. The van der Waals surface area contributed by atoms with Crippen molar-refractivity contribution >= 4 is 17.5 Å². The first-order valence-corrected chi connectivity index (χ1v) is 10.5. The van der Waals surface area contributed by atoms with Crippen molar-refractivity contribution in [2.24, 2.45) is 5.92 Å². The number of carbonyl (C=O) groups is 1. The summed E-state index contributed by atoms with van der Waals surface area (Å²) in [5.41, 5.74) is 0.899. The molecule has 0 atom stereocenters. The van der Waals surface area contributed by atoms with Gasteiger partial charge >= 0.3 is 0 Å². The lowest BCUT2D eigenvalue weighted by atomic mass is 9.93. The molecular formula is C23H20F2N4O3. The SMILES string of the molecule is N#Cc1nc(-c2ccco2)oc1N1CCC(C(=O)N2CCCc3cc(F)cc(F)c32)CC1. The zero-order valence-corrected chi connectivity index (χ0v) is 17.2.